The Morgan fingerprint density at radius 3 is 2.00 bits per heavy atom. The van der Waals surface area contributed by atoms with Crippen molar-refractivity contribution in [2.24, 2.45) is 0 Å². The van der Waals surface area contributed by atoms with E-state index in [-0.39, 0.29) is 13.2 Å². The van der Waals surface area contributed by atoms with Crippen LogP contribution in [0, 0.1) is 0 Å². The van der Waals surface area contributed by atoms with Crippen molar-refractivity contribution in [1.29, 1.82) is 0 Å². The molecule has 1 N–H and O–H groups in total. The van der Waals surface area contributed by atoms with Crippen molar-refractivity contribution in [3.8, 4) is 0 Å². The molecule has 4 heteroatoms. The van der Waals surface area contributed by atoms with Gasteiger partial charge in [-0.2, -0.15) is 0 Å². The third-order valence-corrected chi connectivity index (χ3v) is 0.629. The third kappa shape index (κ3) is 2.30. The van der Waals surface area contributed by atoms with Gasteiger partial charge in [-0.05, 0) is 0 Å². The second-order valence-electron chi connectivity index (χ2n) is 1.17. The monoisotopic (exact) mass is 117 g/mol. The molecule has 0 aliphatic carbocycles. The van der Waals surface area contributed by atoms with E-state index in [4.69, 9.17) is 5.11 Å². The smallest absolute Gasteiger partial charge is 0.216 e. The van der Waals surface area contributed by atoms with E-state index in [1.54, 1.807) is 0 Å². The highest BCUT2D eigenvalue weighted by atomic mass is 16.3. The molecule has 0 bridgehead atoms. The standard InChI is InChI=1S/C4H7NO3/c6-2-1-5(3-7)4-8/h3-4,6H,1-2H2. The number of imide groups is 1. The summed E-state index contributed by atoms with van der Waals surface area (Å²) in [6.07, 6.45) is 0.729. The second kappa shape index (κ2) is 4.26. The van der Waals surface area contributed by atoms with Gasteiger partial charge in [0.05, 0.1) is 13.2 Å². The van der Waals surface area contributed by atoms with Gasteiger partial charge in [-0.15, -0.1) is 0 Å². The van der Waals surface area contributed by atoms with Crippen LogP contribution >= 0.6 is 0 Å². The molecule has 0 aromatic carbocycles. The molecule has 0 rings (SSSR count). The van der Waals surface area contributed by atoms with Crippen molar-refractivity contribution < 1.29 is 14.7 Å². The molecule has 0 aliphatic heterocycles. The maximum Gasteiger partial charge on any atom is 0.216 e. The van der Waals surface area contributed by atoms with Crippen LogP contribution in [0.15, 0.2) is 0 Å². The summed E-state index contributed by atoms with van der Waals surface area (Å²) in [5, 5.41) is 8.14. The summed E-state index contributed by atoms with van der Waals surface area (Å²) >= 11 is 0. The van der Waals surface area contributed by atoms with Gasteiger partial charge in [0.2, 0.25) is 12.8 Å². The number of hydrogen-bond acceptors (Lipinski definition) is 3. The van der Waals surface area contributed by atoms with Crippen LogP contribution in [0.25, 0.3) is 0 Å². The first-order valence-electron chi connectivity index (χ1n) is 2.12. The molecule has 4 nitrogen and oxygen atoms in total. The van der Waals surface area contributed by atoms with Gasteiger partial charge in [-0.1, -0.05) is 0 Å². The lowest BCUT2D eigenvalue weighted by atomic mass is 10.6. The molecule has 0 unspecified atom stereocenters. The first-order chi connectivity index (χ1) is 3.85. The molecular weight excluding hydrogens is 110 g/mol. The minimum absolute atomic E-state index is 0.0764. The lowest BCUT2D eigenvalue weighted by molar-refractivity contribution is -0.129. The number of carbonyl (C=O) groups excluding carboxylic acids is 2. The zero-order valence-corrected chi connectivity index (χ0v) is 4.28. The molecule has 0 fully saturated rings. The van der Waals surface area contributed by atoms with Gasteiger partial charge >= 0.3 is 0 Å². The van der Waals surface area contributed by atoms with Crippen LogP contribution in [0.2, 0.25) is 0 Å². The summed E-state index contributed by atoms with van der Waals surface area (Å²) in [5.74, 6) is 0. The van der Waals surface area contributed by atoms with E-state index in [1.165, 1.54) is 0 Å². The Morgan fingerprint density at radius 2 is 1.88 bits per heavy atom. The molecule has 46 valence electrons. The molecule has 0 aromatic heterocycles. The van der Waals surface area contributed by atoms with Crippen LogP contribution in [-0.4, -0.2) is 36.0 Å². The fourth-order valence-electron chi connectivity index (χ4n) is 0.246. The lowest BCUT2D eigenvalue weighted by Gasteiger charge is -2.02. The molecule has 0 saturated heterocycles. The van der Waals surface area contributed by atoms with Gasteiger partial charge in [0.25, 0.3) is 0 Å². The SMILES string of the molecule is O=CN(C=O)CCO. The first-order valence-corrected chi connectivity index (χ1v) is 2.12. The van der Waals surface area contributed by atoms with Crippen LogP contribution in [0.4, 0.5) is 0 Å². The molecule has 8 heavy (non-hydrogen) atoms. The van der Waals surface area contributed by atoms with E-state index in [0.717, 1.165) is 4.90 Å². The van der Waals surface area contributed by atoms with Crippen molar-refractivity contribution in [3.05, 3.63) is 0 Å². The molecule has 0 atom stereocenters. The Hall–Kier alpha value is -0.900. The number of amides is 2. The summed E-state index contributed by atoms with van der Waals surface area (Å²) in [6, 6.07) is 0. The zero-order chi connectivity index (χ0) is 6.41. The maximum atomic E-state index is 9.71. The highest BCUT2D eigenvalue weighted by Crippen LogP contribution is 1.70. The summed E-state index contributed by atoms with van der Waals surface area (Å²) in [5.41, 5.74) is 0. The molecule has 0 heterocycles. The predicted octanol–water partition coefficient (Wildman–Crippen LogP) is -1.41. The van der Waals surface area contributed by atoms with E-state index in [2.05, 4.69) is 0 Å². The van der Waals surface area contributed by atoms with E-state index in [9.17, 15) is 9.59 Å². The maximum absolute atomic E-state index is 9.71. The number of aliphatic hydroxyl groups excluding tert-OH is 1. The predicted molar refractivity (Wildman–Crippen MR) is 25.9 cm³/mol. The summed E-state index contributed by atoms with van der Waals surface area (Å²) in [6.45, 7) is -0.107. The third-order valence-electron chi connectivity index (χ3n) is 0.629. The fraction of sp³-hybridized carbons (Fsp3) is 0.500. The number of rotatable bonds is 4. The second-order valence-corrected chi connectivity index (χ2v) is 1.17. The normalized spacial score (nSPS) is 8.12. The highest BCUT2D eigenvalue weighted by molar-refractivity contribution is 5.68. The molecule has 0 aliphatic rings. The number of hydrogen-bond donors (Lipinski definition) is 1. The summed E-state index contributed by atoms with van der Waals surface area (Å²) in [4.78, 5) is 20.2. The van der Waals surface area contributed by atoms with Gasteiger partial charge in [0.15, 0.2) is 0 Å². The molecule has 0 aromatic rings. The van der Waals surface area contributed by atoms with E-state index < -0.39 is 0 Å². The largest absolute Gasteiger partial charge is 0.395 e. The van der Waals surface area contributed by atoms with Crippen molar-refractivity contribution >= 4 is 12.8 Å². The molecule has 0 radical (unpaired) electrons. The highest BCUT2D eigenvalue weighted by Gasteiger charge is 1.92. The number of nitrogens with zero attached hydrogens (tertiary/aromatic N) is 1. The van der Waals surface area contributed by atoms with Crippen LogP contribution in [-0.2, 0) is 9.59 Å². The van der Waals surface area contributed by atoms with Gasteiger partial charge in [0, 0.05) is 0 Å². The van der Waals surface area contributed by atoms with Crippen molar-refractivity contribution in [2.45, 2.75) is 0 Å². The Labute approximate surface area is 46.7 Å². The molecule has 2 amide bonds. The minimum Gasteiger partial charge on any atom is -0.395 e. The van der Waals surface area contributed by atoms with Crippen molar-refractivity contribution in [2.75, 3.05) is 13.2 Å². The average Bonchev–Trinajstić information content (AvgIpc) is 1.83. The van der Waals surface area contributed by atoms with E-state index in [0.29, 0.717) is 12.8 Å². The van der Waals surface area contributed by atoms with Crippen LogP contribution < -0.4 is 0 Å². The van der Waals surface area contributed by atoms with Crippen molar-refractivity contribution in [1.82, 2.24) is 4.90 Å². The number of carbonyl (C=O) groups is 2. The van der Waals surface area contributed by atoms with Crippen molar-refractivity contribution in [3.63, 3.8) is 0 Å². The van der Waals surface area contributed by atoms with Gasteiger partial charge in [-0.3, -0.25) is 14.5 Å². The lowest BCUT2D eigenvalue weighted by Crippen LogP contribution is -2.23. The Kier molecular flexibility index (Phi) is 3.78. The van der Waals surface area contributed by atoms with E-state index >= 15 is 0 Å². The van der Waals surface area contributed by atoms with Crippen LogP contribution in [0.5, 0.6) is 0 Å². The molecule has 0 saturated carbocycles. The Morgan fingerprint density at radius 1 is 1.38 bits per heavy atom. The van der Waals surface area contributed by atoms with Crippen LogP contribution in [0.1, 0.15) is 0 Å². The van der Waals surface area contributed by atoms with Crippen LogP contribution in [0.3, 0.4) is 0 Å². The molecular formula is C4H7NO3. The van der Waals surface area contributed by atoms with Gasteiger partial charge < -0.3 is 5.11 Å². The minimum atomic E-state index is -0.183. The summed E-state index contributed by atoms with van der Waals surface area (Å²) < 4.78 is 0. The Balaban J connectivity index is 3.35. The van der Waals surface area contributed by atoms with E-state index in [1.807, 2.05) is 0 Å². The summed E-state index contributed by atoms with van der Waals surface area (Å²) in [7, 11) is 0. The average molecular weight is 117 g/mol. The first kappa shape index (κ1) is 7.10. The zero-order valence-electron chi connectivity index (χ0n) is 4.28. The van der Waals surface area contributed by atoms with Gasteiger partial charge in [0.1, 0.15) is 0 Å². The molecule has 0 spiro atoms. The number of aliphatic hydroxyl groups is 1. The van der Waals surface area contributed by atoms with Gasteiger partial charge in [-0.25, -0.2) is 0 Å². The Bertz CT molecular complexity index is 75.4. The fourth-order valence-corrected chi connectivity index (χ4v) is 0.246. The topological polar surface area (TPSA) is 57.6 Å². The quantitative estimate of drug-likeness (QED) is 0.460.